The van der Waals surface area contributed by atoms with E-state index in [0.717, 1.165) is 0 Å². The predicted octanol–water partition coefficient (Wildman–Crippen LogP) is 2.04. The van der Waals surface area contributed by atoms with Crippen LogP contribution in [-0.2, 0) is 9.47 Å². The molecule has 1 amide bonds. The molecule has 0 aliphatic heterocycles. The number of amidine groups is 1. The molecule has 5 heteroatoms. The zero-order valence-electron chi connectivity index (χ0n) is 9.80. The number of methoxy groups -OCH3 is 1. The summed E-state index contributed by atoms with van der Waals surface area (Å²) in [5.74, 6) is 0.472. The lowest BCUT2D eigenvalue weighted by atomic mass is 10.2. The van der Waals surface area contributed by atoms with E-state index < -0.39 is 11.7 Å². The highest BCUT2D eigenvalue weighted by atomic mass is 16.6. The van der Waals surface area contributed by atoms with Gasteiger partial charge in [0.1, 0.15) is 11.4 Å². The van der Waals surface area contributed by atoms with E-state index in [4.69, 9.17) is 14.9 Å². The molecule has 0 aromatic rings. The molecular weight excluding hydrogens is 196 g/mol. The molecule has 0 bridgehead atoms. The van der Waals surface area contributed by atoms with Crippen molar-refractivity contribution in [2.24, 2.45) is 0 Å². The maximum atomic E-state index is 11.2. The molecule has 0 rings (SSSR count). The van der Waals surface area contributed by atoms with Crippen molar-refractivity contribution in [3.63, 3.8) is 0 Å². The summed E-state index contributed by atoms with van der Waals surface area (Å²) in [6.45, 7) is 6.95. The topological polar surface area (TPSA) is 71.4 Å². The van der Waals surface area contributed by atoms with Crippen molar-refractivity contribution in [3.8, 4) is 0 Å². The monoisotopic (exact) mass is 214 g/mol. The summed E-state index contributed by atoms with van der Waals surface area (Å²) >= 11 is 0. The number of hydrogen-bond donors (Lipinski definition) is 2. The standard InChI is InChI=1S/C10H18N2O3/c1-7(14-5)6-8(11)12-9(13)15-10(2,3)4/h6H,1-5H3,(H2,11,12,13). The van der Waals surface area contributed by atoms with Crippen LogP contribution in [-0.4, -0.2) is 24.6 Å². The summed E-state index contributed by atoms with van der Waals surface area (Å²) in [7, 11) is 1.49. The minimum atomic E-state index is -0.646. The number of hydrogen-bond acceptors (Lipinski definition) is 4. The summed E-state index contributed by atoms with van der Waals surface area (Å²) in [6, 6.07) is 0. The van der Waals surface area contributed by atoms with Crippen LogP contribution >= 0.6 is 0 Å². The second-order valence-corrected chi connectivity index (χ2v) is 4.00. The lowest BCUT2D eigenvalue weighted by Gasteiger charge is -2.19. The van der Waals surface area contributed by atoms with E-state index >= 15 is 0 Å². The molecule has 0 spiro atoms. The summed E-state index contributed by atoms with van der Waals surface area (Å²) in [5, 5.41) is 9.66. The lowest BCUT2D eigenvalue weighted by molar-refractivity contribution is 0.0563. The van der Waals surface area contributed by atoms with Crippen LogP contribution in [0.15, 0.2) is 11.8 Å². The Kier molecular flexibility index (Phi) is 4.84. The largest absolute Gasteiger partial charge is 0.501 e. The molecule has 0 heterocycles. The van der Waals surface area contributed by atoms with Crippen LogP contribution in [0.3, 0.4) is 0 Å². The molecule has 0 aliphatic rings. The van der Waals surface area contributed by atoms with Gasteiger partial charge < -0.3 is 9.47 Å². The van der Waals surface area contributed by atoms with Crippen molar-refractivity contribution >= 4 is 11.9 Å². The van der Waals surface area contributed by atoms with Crippen LogP contribution in [0.25, 0.3) is 0 Å². The first kappa shape index (κ1) is 13.5. The summed E-state index contributed by atoms with van der Waals surface area (Å²) < 4.78 is 9.79. The Morgan fingerprint density at radius 2 is 1.93 bits per heavy atom. The van der Waals surface area contributed by atoms with Crippen molar-refractivity contribution in [3.05, 3.63) is 11.8 Å². The molecule has 0 radical (unpaired) electrons. The number of alkyl carbamates (subject to hydrolysis) is 1. The van der Waals surface area contributed by atoms with E-state index in [1.165, 1.54) is 13.2 Å². The molecule has 0 unspecified atom stereocenters. The highest BCUT2D eigenvalue weighted by Crippen LogP contribution is 2.06. The van der Waals surface area contributed by atoms with E-state index in [1.807, 2.05) is 0 Å². The van der Waals surface area contributed by atoms with Crippen LogP contribution in [0.2, 0.25) is 0 Å². The summed E-state index contributed by atoms with van der Waals surface area (Å²) in [4.78, 5) is 11.2. The Labute approximate surface area is 90.0 Å². The van der Waals surface area contributed by atoms with Gasteiger partial charge in [-0.15, -0.1) is 0 Å². The van der Waals surface area contributed by atoms with Crippen LogP contribution in [0, 0.1) is 5.41 Å². The first-order valence-corrected chi connectivity index (χ1v) is 4.55. The zero-order valence-corrected chi connectivity index (χ0v) is 9.80. The fourth-order valence-electron chi connectivity index (χ4n) is 0.712. The van der Waals surface area contributed by atoms with Crippen molar-refractivity contribution in [2.75, 3.05) is 7.11 Å². The Hall–Kier alpha value is -1.52. The third kappa shape index (κ3) is 7.54. The minimum absolute atomic E-state index is 0.0661. The van der Waals surface area contributed by atoms with E-state index in [1.54, 1.807) is 27.7 Å². The normalized spacial score (nSPS) is 11.9. The average Bonchev–Trinajstić information content (AvgIpc) is 1.99. The smallest absolute Gasteiger partial charge is 0.413 e. The van der Waals surface area contributed by atoms with Gasteiger partial charge in [0.2, 0.25) is 0 Å². The molecular formula is C10H18N2O3. The number of amides is 1. The molecule has 15 heavy (non-hydrogen) atoms. The number of ether oxygens (including phenoxy) is 2. The SMILES string of the molecule is COC(C)=CC(=N)NC(=O)OC(C)(C)C. The number of rotatable bonds is 2. The van der Waals surface area contributed by atoms with E-state index in [9.17, 15) is 4.79 Å². The molecule has 86 valence electrons. The Balaban J connectivity index is 4.15. The third-order valence-electron chi connectivity index (χ3n) is 1.31. The van der Waals surface area contributed by atoms with Crippen molar-refractivity contribution < 1.29 is 14.3 Å². The van der Waals surface area contributed by atoms with Crippen LogP contribution in [0.5, 0.6) is 0 Å². The van der Waals surface area contributed by atoms with Gasteiger partial charge in [0.05, 0.1) is 12.9 Å². The molecule has 0 aromatic heterocycles. The number of nitrogens with one attached hydrogen (secondary N) is 2. The van der Waals surface area contributed by atoms with Gasteiger partial charge in [-0.2, -0.15) is 0 Å². The Morgan fingerprint density at radius 1 is 1.40 bits per heavy atom. The summed E-state index contributed by atoms with van der Waals surface area (Å²) in [6.07, 6.45) is 0.747. The fraction of sp³-hybridized carbons (Fsp3) is 0.600. The van der Waals surface area contributed by atoms with Crippen molar-refractivity contribution in [2.45, 2.75) is 33.3 Å². The van der Waals surface area contributed by atoms with Crippen LogP contribution < -0.4 is 5.32 Å². The van der Waals surface area contributed by atoms with E-state index in [0.29, 0.717) is 5.76 Å². The van der Waals surface area contributed by atoms with Gasteiger partial charge in [-0.05, 0) is 27.7 Å². The molecule has 0 saturated heterocycles. The first-order chi connectivity index (χ1) is 6.74. The van der Waals surface area contributed by atoms with Crippen molar-refractivity contribution in [1.29, 1.82) is 5.41 Å². The van der Waals surface area contributed by atoms with Crippen LogP contribution in [0.4, 0.5) is 4.79 Å². The number of allylic oxidation sites excluding steroid dienone is 1. The van der Waals surface area contributed by atoms with Gasteiger partial charge in [-0.25, -0.2) is 4.79 Å². The average molecular weight is 214 g/mol. The quantitative estimate of drug-likeness (QED) is 0.420. The molecule has 0 aromatic carbocycles. The van der Waals surface area contributed by atoms with Gasteiger partial charge in [-0.1, -0.05) is 0 Å². The minimum Gasteiger partial charge on any atom is -0.501 e. The van der Waals surface area contributed by atoms with Gasteiger partial charge in [0.15, 0.2) is 0 Å². The molecule has 0 fully saturated rings. The Morgan fingerprint density at radius 3 is 2.33 bits per heavy atom. The maximum Gasteiger partial charge on any atom is 0.413 e. The third-order valence-corrected chi connectivity index (χ3v) is 1.31. The molecule has 2 N–H and O–H groups in total. The predicted molar refractivity (Wildman–Crippen MR) is 57.9 cm³/mol. The molecule has 5 nitrogen and oxygen atoms in total. The molecule has 0 aliphatic carbocycles. The van der Waals surface area contributed by atoms with Gasteiger partial charge in [-0.3, -0.25) is 10.7 Å². The fourth-order valence-corrected chi connectivity index (χ4v) is 0.712. The van der Waals surface area contributed by atoms with E-state index in [2.05, 4.69) is 5.32 Å². The van der Waals surface area contributed by atoms with Gasteiger partial charge in [0, 0.05) is 6.08 Å². The highest BCUT2D eigenvalue weighted by Gasteiger charge is 2.16. The second-order valence-electron chi connectivity index (χ2n) is 4.00. The summed E-state index contributed by atoms with van der Waals surface area (Å²) in [5.41, 5.74) is -0.565. The van der Waals surface area contributed by atoms with Crippen LogP contribution in [0.1, 0.15) is 27.7 Å². The second kappa shape index (κ2) is 5.38. The highest BCUT2D eigenvalue weighted by molar-refractivity contribution is 6.00. The van der Waals surface area contributed by atoms with Gasteiger partial charge in [0.25, 0.3) is 0 Å². The maximum absolute atomic E-state index is 11.2. The van der Waals surface area contributed by atoms with E-state index in [-0.39, 0.29) is 5.84 Å². The Bertz CT molecular complexity index is 277. The lowest BCUT2D eigenvalue weighted by Crippen LogP contribution is -2.35. The molecule has 0 atom stereocenters. The first-order valence-electron chi connectivity index (χ1n) is 4.55. The van der Waals surface area contributed by atoms with Crippen molar-refractivity contribution in [1.82, 2.24) is 5.32 Å². The zero-order chi connectivity index (χ0) is 12.1. The molecule has 0 saturated carbocycles. The van der Waals surface area contributed by atoms with Gasteiger partial charge >= 0.3 is 6.09 Å². The number of carbonyl (C=O) groups is 1. The number of carbonyl (C=O) groups excluding carboxylic acids is 1.